The van der Waals surface area contributed by atoms with Crippen molar-refractivity contribution in [1.82, 2.24) is 0 Å². The maximum absolute atomic E-state index is 9.24. The standard InChI is InChI=1S/C12H16O.C9H12O.C3H5Br/c1-3-7-11-8-5-6-9-12(11)13-10-4-2;1-2-5-8-6-3-4-7-9(8)10;1-2-3-4/h4-6,8-9H,2-3,7,10H2,1H3;3-4,6-7,10H,2,5H2,1H3;2H,1,3H2. The van der Waals surface area contributed by atoms with E-state index < -0.39 is 0 Å². The minimum Gasteiger partial charge on any atom is -0.508 e. The molecule has 0 aromatic heterocycles. The topological polar surface area (TPSA) is 29.5 Å². The average molecular weight is 433 g/mol. The van der Waals surface area contributed by atoms with Crippen LogP contribution in [0.2, 0.25) is 0 Å². The maximum atomic E-state index is 9.24. The van der Waals surface area contributed by atoms with E-state index in [1.807, 2.05) is 36.4 Å². The summed E-state index contributed by atoms with van der Waals surface area (Å²) in [6, 6.07) is 15.6. The van der Waals surface area contributed by atoms with Gasteiger partial charge < -0.3 is 9.84 Å². The van der Waals surface area contributed by atoms with Crippen molar-refractivity contribution in [1.29, 1.82) is 0 Å². The van der Waals surface area contributed by atoms with Gasteiger partial charge in [0, 0.05) is 5.33 Å². The zero-order valence-electron chi connectivity index (χ0n) is 16.7. The smallest absolute Gasteiger partial charge is 0.122 e. The molecular formula is C24H33BrO2. The molecule has 2 aromatic carbocycles. The lowest BCUT2D eigenvalue weighted by Gasteiger charge is -2.08. The minimum atomic E-state index is 0.421. The monoisotopic (exact) mass is 432 g/mol. The van der Waals surface area contributed by atoms with E-state index in [0.29, 0.717) is 12.4 Å². The molecule has 2 aromatic rings. The largest absolute Gasteiger partial charge is 0.508 e. The number of allylic oxidation sites excluding steroid dienone is 1. The summed E-state index contributed by atoms with van der Waals surface area (Å²) >= 11 is 3.13. The number of phenols is 1. The average Bonchev–Trinajstić information content (AvgIpc) is 2.70. The van der Waals surface area contributed by atoms with E-state index in [1.165, 1.54) is 5.56 Å². The molecule has 0 heterocycles. The zero-order valence-corrected chi connectivity index (χ0v) is 18.2. The van der Waals surface area contributed by atoms with Gasteiger partial charge in [-0.2, -0.15) is 0 Å². The second kappa shape index (κ2) is 17.4. The second-order valence-corrected chi connectivity index (χ2v) is 6.43. The Morgan fingerprint density at radius 1 is 0.889 bits per heavy atom. The Labute approximate surface area is 173 Å². The lowest BCUT2D eigenvalue weighted by Crippen LogP contribution is -1.96. The van der Waals surface area contributed by atoms with Gasteiger partial charge in [-0.05, 0) is 36.1 Å². The molecule has 0 atom stereocenters. The number of phenolic OH excluding ortho intramolecular Hbond substituents is 1. The van der Waals surface area contributed by atoms with E-state index in [2.05, 4.69) is 49.0 Å². The number of ether oxygens (including phenoxy) is 1. The SMILES string of the molecule is C=CCBr.C=CCOc1ccccc1CCC.CCCc1ccccc1O. The normalized spacial score (nSPS) is 9.15. The van der Waals surface area contributed by atoms with E-state index in [0.717, 1.165) is 42.3 Å². The van der Waals surface area contributed by atoms with Gasteiger partial charge in [0.05, 0.1) is 0 Å². The first-order chi connectivity index (χ1) is 13.1. The molecule has 0 aliphatic carbocycles. The Kier molecular flexibility index (Phi) is 16.1. The molecule has 0 fully saturated rings. The molecule has 148 valence electrons. The number of aryl methyl sites for hydroxylation is 2. The Morgan fingerprint density at radius 2 is 1.41 bits per heavy atom. The summed E-state index contributed by atoms with van der Waals surface area (Å²) in [5.74, 6) is 1.41. The van der Waals surface area contributed by atoms with Crippen molar-refractivity contribution in [3.8, 4) is 11.5 Å². The predicted octanol–water partition coefficient (Wildman–Crippen LogP) is 7.12. The fraction of sp³-hybridized carbons (Fsp3) is 0.333. The van der Waals surface area contributed by atoms with E-state index in [1.54, 1.807) is 18.2 Å². The number of halogens is 1. The van der Waals surface area contributed by atoms with Gasteiger partial charge in [0.1, 0.15) is 18.1 Å². The van der Waals surface area contributed by atoms with Crippen molar-refractivity contribution in [3.05, 3.63) is 85.0 Å². The number of alkyl halides is 1. The van der Waals surface area contributed by atoms with Gasteiger partial charge in [0.15, 0.2) is 0 Å². The molecule has 2 nitrogen and oxygen atoms in total. The van der Waals surface area contributed by atoms with Crippen LogP contribution >= 0.6 is 15.9 Å². The summed E-state index contributed by atoms with van der Waals surface area (Å²) in [5, 5.41) is 10.1. The van der Waals surface area contributed by atoms with Crippen molar-refractivity contribution in [2.45, 2.75) is 39.5 Å². The summed E-state index contributed by atoms with van der Waals surface area (Å²) in [6.07, 6.45) is 7.83. The highest BCUT2D eigenvalue weighted by Crippen LogP contribution is 2.19. The minimum absolute atomic E-state index is 0.421. The fourth-order valence-electron chi connectivity index (χ4n) is 2.26. The Bertz CT molecular complexity index is 638. The van der Waals surface area contributed by atoms with Gasteiger partial charge in [-0.15, -0.1) is 6.58 Å². The first kappa shape index (κ1) is 25.0. The summed E-state index contributed by atoms with van der Waals surface area (Å²) < 4.78 is 5.52. The molecule has 27 heavy (non-hydrogen) atoms. The van der Waals surface area contributed by atoms with Crippen LogP contribution in [0.1, 0.15) is 37.8 Å². The van der Waals surface area contributed by atoms with Gasteiger partial charge >= 0.3 is 0 Å². The number of aromatic hydroxyl groups is 1. The molecule has 0 bridgehead atoms. The number of benzene rings is 2. The number of rotatable bonds is 8. The third-order valence-electron chi connectivity index (χ3n) is 3.47. The molecule has 0 unspecified atom stereocenters. The Balaban J connectivity index is 0.000000428. The van der Waals surface area contributed by atoms with Crippen LogP contribution in [0.5, 0.6) is 11.5 Å². The van der Waals surface area contributed by atoms with Crippen LogP contribution in [-0.2, 0) is 12.8 Å². The molecule has 0 saturated heterocycles. The summed E-state index contributed by atoms with van der Waals surface area (Å²) in [4.78, 5) is 0. The van der Waals surface area contributed by atoms with E-state index in [-0.39, 0.29) is 0 Å². The highest BCUT2D eigenvalue weighted by Gasteiger charge is 1.99. The van der Waals surface area contributed by atoms with Crippen LogP contribution in [0.3, 0.4) is 0 Å². The van der Waals surface area contributed by atoms with Gasteiger partial charge in [-0.3, -0.25) is 0 Å². The predicted molar refractivity (Wildman–Crippen MR) is 122 cm³/mol. The van der Waals surface area contributed by atoms with Crippen LogP contribution in [0.4, 0.5) is 0 Å². The Morgan fingerprint density at radius 3 is 1.93 bits per heavy atom. The van der Waals surface area contributed by atoms with Gasteiger partial charge in [0.25, 0.3) is 0 Å². The van der Waals surface area contributed by atoms with Crippen LogP contribution in [0.15, 0.2) is 73.8 Å². The third kappa shape index (κ3) is 12.1. The molecule has 0 saturated carbocycles. The summed E-state index contributed by atoms with van der Waals surface area (Å²) in [5.41, 5.74) is 2.33. The van der Waals surface area contributed by atoms with Gasteiger partial charge in [0.2, 0.25) is 0 Å². The first-order valence-electron chi connectivity index (χ1n) is 9.39. The number of para-hydroxylation sites is 2. The van der Waals surface area contributed by atoms with E-state index in [4.69, 9.17) is 4.74 Å². The fourth-order valence-corrected chi connectivity index (χ4v) is 2.26. The van der Waals surface area contributed by atoms with Crippen LogP contribution < -0.4 is 4.74 Å². The highest BCUT2D eigenvalue weighted by molar-refractivity contribution is 9.09. The van der Waals surface area contributed by atoms with Crippen molar-refractivity contribution in [2.24, 2.45) is 0 Å². The summed E-state index contributed by atoms with van der Waals surface area (Å²) in [7, 11) is 0. The molecule has 3 heteroatoms. The second-order valence-electron chi connectivity index (χ2n) is 5.78. The molecule has 0 spiro atoms. The Hall–Kier alpha value is -2.00. The number of hydrogen-bond acceptors (Lipinski definition) is 2. The molecule has 0 aliphatic heterocycles. The van der Waals surface area contributed by atoms with E-state index in [9.17, 15) is 5.11 Å². The molecule has 0 amide bonds. The van der Waals surface area contributed by atoms with Gasteiger partial charge in [-0.25, -0.2) is 0 Å². The summed E-state index contributed by atoms with van der Waals surface area (Å²) in [6.45, 7) is 11.9. The lowest BCUT2D eigenvalue weighted by atomic mass is 10.1. The van der Waals surface area contributed by atoms with Crippen molar-refractivity contribution < 1.29 is 9.84 Å². The van der Waals surface area contributed by atoms with Crippen LogP contribution in [0.25, 0.3) is 0 Å². The molecular weight excluding hydrogens is 400 g/mol. The first-order valence-corrected chi connectivity index (χ1v) is 10.5. The van der Waals surface area contributed by atoms with Crippen LogP contribution in [0, 0.1) is 0 Å². The van der Waals surface area contributed by atoms with Crippen molar-refractivity contribution >= 4 is 15.9 Å². The lowest BCUT2D eigenvalue weighted by molar-refractivity contribution is 0.359. The highest BCUT2D eigenvalue weighted by atomic mass is 79.9. The molecule has 0 radical (unpaired) electrons. The van der Waals surface area contributed by atoms with Crippen molar-refractivity contribution in [3.63, 3.8) is 0 Å². The quantitative estimate of drug-likeness (QED) is 0.355. The third-order valence-corrected chi connectivity index (χ3v) is 3.93. The maximum Gasteiger partial charge on any atom is 0.122 e. The number of hydrogen-bond donors (Lipinski definition) is 1. The van der Waals surface area contributed by atoms with Crippen molar-refractivity contribution in [2.75, 3.05) is 11.9 Å². The zero-order chi connectivity index (χ0) is 20.3. The molecule has 0 aliphatic rings. The van der Waals surface area contributed by atoms with E-state index >= 15 is 0 Å². The van der Waals surface area contributed by atoms with Crippen LogP contribution in [-0.4, -0.2) is 17.0 Å². The molecule has 2 rings (SSSR count). The van der Waals surface area contributed by atoms with Gasteiger partial charge in [-0.1, -0.05) is 97.7 Å². The molecule has 1 N–H and O–H groups in total.